The van der Waals surface area contributed by atoms with Crippen molar-refractivity contribution in [2.24, 2.45) is 0 Å². The molecule has 0 saturated carbocycles. The van der Waals surface area contributed by atoms with Crippen LogP contribution in [0.5, 0.6) is 0 Å². The molecule has 2 rings (SSSR count). The lowest BCUT2D eigenvalue weighted by molar-refractivity contribution is -0.134. The van der Waals surface area contributed by atoms with Gasteiger partial charge in [0.1, 0.15) is 6.04 Å². The molecule has 1 aliphatic rings. The van der Waals surface area contributed by atoms with E-state index in [0.717, 1.165) is 11.3 Å². The fraction of sp³-hybridized carbons (Fsp3) is 0.250. The molecule has 4 heteroatoms. The molecule has 1 aliphatic heterocycles. The maximum atomic E-state index is 12.2. The summed E-state index contributed by atoms with van der Waals surface area (Å²) in [7, 11) is 0. The predicted molar refractivity (Wildman–Crippen MR) is 79.0 cm³/mol. The maximum absolute atomic E-state index is 12.2. The lowest BCUT2D eigenvalue weighted by atomic mass is 10.1. The van der Waals surface area contributed by atoms with Crippen LogP contribution >= 0.6 is 0 Å². The van der Waals surface area contributed by atoms with Gasteiger partial charge < -0.3 is 10.2 Å². The summed E-state index contributed by atoms with van der Waals surface area (Å²) in [6.07, 6.45) is 6.80. The van der Waals surface area contributed by atoms with E-state index in [0.29, 0.717) is 6.54 Å². The summed E-state index contributed by atoms with van der Waals surface area (Å²) < 4.78 is 0. The molecule has 1 atom stereocenters. The van der Waals surface area contributed by atoms with Gasteiger partial charge in [0.25, 0.3) is 0 Å². The Kier molecular flexibility index (Phi) is 4.35. The summed E-state index contributed by atoms with van der Waals surface area (Å²) >= 11 is 0. The lowest BCUT2D eigenvalue weighted by Gasteiger charge is -2.24. The van der Waals surface area contributed by atoms with E-state index in [1.165, 1.54) is 6.08 Å². The third kappa shape index (κ3) is 2.96. The minimum Gasteiger partial charge on any atom is -0.324 e. The monoisotopic (exact) mass is 270 g/mol. The summed E-state index contributed by atoms with van der Waals surface area (Å²) in [4.78, 5) is 25.9. The lowest BCUT2D eigenvalue weighted by Crippen LogP contribution is -2.42. The van der Waals surface area contributed by atoms with Crippen molar-refractivity contribution in [1.29, 1.82) is 0 Å². The molecule has 2 amide bonds. The number of para-hydroxylation sites is 1. The molecule has 0 saturated heterocycles. The smallest absolute Gasteiger partial charge is 0.247 e. The molecule has 0 bridgehead atoms. The van der Waals surface area contributed by atoms with Crippen LogP contribution in [-0.4, -0.2) is 22.8 Å². The zero-order valence-electron chi connectivity index (χ0n) is 11.7. The molecule has 0 radical (unpaired) electrons. The first-order valence-electron chi connectivity index (χ1n) is 6.62. The van der Waals surface area contributed by atoms with Crippen molar-refractivity contribution in [2.45, 2.75) is 26.4 Å². The minimum atomic E-state index is -0.495. The highest BCUT2D eigenvalue weighted by molar-refractivity contribution is 6.00. The van der Waals surface area contributed by atoms with E-state index < -0.39 is 6.04 Å². The molecule has 0 spiro atoms. The molecule has 0 fully saturated rings. The average molecular weight is 270 g/mol. The molecule has 4 nitrogen and oxygen atoms in total. The van der Waals surface area contributed by atoms with Crippen LogP contribution < -0.4 is 5.32 Å². The fourth-order valence-corrected chi connectivity index (χ4v) is 2.09. The van der Waals surface area contributed by atoms with Crippen LogP contribution in [0.3, 0.4) is 0 Å². The van der Waals surface area contributed by atoms with E-state index in [1.807, 2.05) is 37.3 Å². The zero-order chi connectivity index (χ0) is 14.5. The number of carbonyl (C=O) groups excluding carboxylic acids is 2. The van der Waals surface area contributed by atoms with Crippen LogP contribution in [-0.2, 0) is 16.1 Å². The zero-order valence-corrected chi connectivity index (χ0v) is 11.7. The van der Waals surface area contributed by atoms with Crippen LogP contribution in [0.1, 0.15) is 19.4 Å². The number of nitrogens with one attached hydrogen (secondary N) is 1. The van der Waals surface area contributed by atoms with Gasteiger partial charge in [-0.1, -0.05) is 36.4 Å². The van der Waals surface area contributed by atoms with Crippen LogP contribution in [0, 0.1) is 0 Å². The van der Waals surface area contributed by atoms with E-state index in [9.17, 15) is 9.59 Å². The molecule has 1 heterocycles. The summed E-state index contributed by atoms with van der Waals surface area (Å²) in [6, 6.07) is 7.05. The average Bonchev–Trinajstić information content (AvgIpc) is 2.57. The van der Waals surface area contributed by atoms with Crippen LogP contribution in [0.15, 0.2) is 48.6 Å². The maximum Gasteiger partial charge on any atom is 0.247 e. The number of anilines is 1. The first kappa shape index (κ1) is 14.1. The van der Waals surface area contributed by atoms with E-state index in [1.54, 1.807) is 24.0 Å². The third-order valence-corrected chi connectivity index (χ3v) is 3.29. The summed E-state index contributed by atoms with van der Waals surface area (Å²) in [5, 5.41) is 2.85. The van der Waals surface area contributed by atoms with E-state index >= 15 is 0 Å². The molecule has 1 N–H and O–H groups in total. The van der Waals surface area contributed by atoms with Gasteiger partial charge in [-0.05, 0) is 25.5 Å². The molecule has 0 aromatic heterocycles. The van der Waals surface area contributed by atoms with Crippen molar-refractivity contribution in [3.05, 3.63) is 54.1 Å². The third-order valence-electron chi connectivity index (χ3n) is 3.29. The van der Waals surface area contributed by atoms with Crippen LogP contribution in [0.4, 0.5) is 5.69 Å². The largest absolute Gasteiger partial charge is 0.324 e. The van der Waals surface area contributed by atoms with Gasteiger partial charge in [0.2, 0.25) is 11.8 Å². The Balaban J connectivity index is 2.28. The molecule has 1 aromatic carbocycles. The van der Waals surface area contributed by atoms with Gasteiger partial charge in [0.05, 0.1) is 0 Å². The number of carbonyl (C=O) groups is 2. The van der Waals surface area contributed by atoms with Crippen LogP contribution in [0.25, 0.3) is 0 Å². The molecular weight excluding hydrogens is 252 g/mol. The second-order valence-corrected chi connectivity index (χ2v) is 4.67. The Bertz CT molecular complexity index is 576. The normalized spacial score (nSPS) is 19.0. The van der Waals surface area contributed by atoms with Crippen molar-refractivity contribution in [3.63, 3.8) is 0 Å². The summed E-state index contributed by atoms with van der Waals surface area (Å²) in [5.74, 6) is -0.329. The SMILES string of the molecule is CC=CC=CC(=O)N1Cc2ccccc2NC(=O)C1C. The molecular formula is C16H18N2O2. The van der Waals surface area contributed by atoms with Gasteiger partial charge in [-0.15, -0.1) is 0 Å². The summed E-state index contributed by atoms with van der Waals surface area (Å²) in [5.41, 5.74) is 1.72. The molecule has 104 valence electrons. The highest BCUT2D eigenvalue weighted by Crippen LogP contribution is 2.23. The Labute approximate surface area is 118 Å². The van der Waals surface area contributed by atoms with Crippen molar-refractivity contribution < 1.29 is 9.59 Å². The van der Waals surface area contributed by atoms with Crippen molar-refractivity contribution >= 4 is 17.5 Å². The molecule has 0 aliphatic carbocycles. The van der Waals surface area contributed by atoms with Crippen LogP contribution in [0.2, 0.25) is 0 Å². The van der Waals surface area contributed by atoms with E-state index in [-0.39, 0.29) is 11.8 Å². The predicted octanol–water partition coefficient (Wildman–Crippen LogP) is 2.49. The highest BCUT2D eigenvalue weighted by Gasteiger charge is 2.28. The Hall–Kier alpha value is -2.36. The van der Waals surface area contributed by atoms with E-state index in [4.69, 9.17) is 0 Å². The standard InChI is InChI=1S/C16H18N2O2/c1-3-4-5-10-15(19)18-11-13-8-6-7-9-14(13)17-16(20)12(18)2/h3-10,12H,11H2,1-2H3,(H,17,20). The van der Waals surface area contributed by atoms with Gasteiger partial charge >= 0.3 is 0 Å². The molecule has 1 unspecified atom stereocenters. The second-order valence-electron chi connectivity index (χ2n) is 4.67. The van der Waals surface area contributed by atoms with Gasteiger partial charge in [0.15, 0.2) is 0 Å². The van der Waals surface area contributed by atoms with Gasteiger partial charge in [-0.25, -0.2) is 0 Å². The van der Waals surface area contributed by atoms with Gasteiger partial charge in [-0.3, -0.25) is 9.59 Å². The number of amides is 2. The Morgan fingerprint density at radius 2 is 2.10 bits per heavy atom. The molecule has 20 heavy (non-hydrogen) atoms. The van der Waals surface area contributed by atoms with Crippen molar-refractivity contribution in [2.75, 3.05) is 5.32 Å². The Morgan fingerprint density at radius 1 is 1.35 bits per heavy atom. The summed E-state index contributed by atoms with van der Waals surface area (Å²) in [6.45, 7) is 4.05. The number of fused-ring (bicyclic) bond motifs is 1. The van der Waals surface area contributed by atoms with Gasteiger partial charge in [-0.2, -0.15) is 0 Å². The quantitative estimate of drug-likeness (QED) is 0.663. The van der Waals surface area contributed by atoms with Crippen molar-refractivity contribution in [1.82, 2.24) is 4.90 Å². The van der Waals surface area contributed by atoms with Crippen molar-refractivity contribution in [3.8, 4) is 0 Å². The molecule has 1 aromatic rings. The highest BCUT2D eigenvalue weighted by atomic mass is 16.2. The number of benzene rings is 1. The minimum absolute atomic E-state index is 0.164. The number of hydrogen-bond acceptors (Lipinski definition) is 2. The first-order valence-corrected chi connectivity index (χ1v) is 6.62. The topological polar surface area (TPSA) is 49.4 Å². The van der Waals surface area contributed by atoms with Gasteiger partial charge in [0, 0.05) is 18.3 Å². The second kappa shape index (κ2) is 6.19. The number of nitrogens with zero attached hydrogens (tertiary/aromatic N) is 1. The Morgan fingerprint density at radius 3 is 2.85 bits per heavy atom. The number of rotatable bonds is 2. The first-order chi connectivity index (χ1) is 9.63. The number of hydrogen-bond donors (Lipinski definition) is 1. The van der Waals surface area contributed by atoms with E-state index in [2.05, 4.69) is 5.32 Å². The fourth-order valence-electron chi connectivity index (χ4n) is 2.09. The number of allylic oxidation sites excluding steroid dienone is 3.